The summed E-state index contributed by atoms with van der Waals surface area (Å²) in [5.41, 5.74) is 3.73. The lowest BCUT2D eigenvalue weighted by molar-refractivity contribution is -0.117. The highest BCUT2D eigenvalue weighted by Gasteiger charge is 2.27. The van der Waals surface area contributed by atoms with Crippen molar-refractivity contribution in [2.75, 3.05) is 26.2 Å². The smallest absolute Gasteiger partial charge is 0.251 e. The SMILES string of the molecule is CCN(CC)CCCOc1ccc(C(=C[C@H]2CCC(=O)C2)c2ccc(C3CC3)c(=O)[nH]2)cc1. The fourth-order valence-electron chi connectivity index (χ4n) is 4.67. The van der Waals surface area contributed by atoms with Crippen molar-refractivity contribution in [1.82, 2.24) is 9.88 Å². The van der Waals surface area contributed by atoms with Crippen LogP contribution in [-0.2, 0) is 4.79 Å². The third-order valence-corrected chi connectivity index (χ3v) is 6.88. The number of benzene rings is 1. The third-order valence-electron chi connectivity index (χ3n) is 6.88. The molecule has 1 N–H and O–H groups in total. The van der Waals surface area contributed by atoms with Gasteiger partial charge in [-0.15, -0.1) is 0 Å². The van der Waals surface area contributed by atoms with Crippen LogP contribution in [0.15, 0.2) is 47.3 Å². The van der Waals surface area contributed by atoms with Crippen LogP contribution >= 0.6 is 0 Å². The number of aromatic nitrogens is 1. The van der Waals surface area contributed by atoms with Crippen LogP contribution < -0.4 is 10.3 Å². The van der Waals surface area contributed by atoms with E-state index in [9.17, 15) is 9.59 Å². The zero-order valence-corrected chi connectivity index (χ0v) is 19.9. The summed E-state index contributed by atoms with van der Waals surface area (Å²) >= 11 is 0. The fourth-order valence-corrected chi connectivity index (χ4v) is 4.67. The number of carbonyl (C=O) groups is 1. The summed E-state index contributed by atoms with van der Waals surface area (Å²) in [7, 11) is 0. The molecule has 33 heavy (non-hydrogen) atoms. The van der Waals surface area contributed by atoms with Crippen molar-refractivity contribution >= 4 is 11.4 Å². The van der Waals surface area contributed by atoms with E-state index in [2.05, 4.69) is 41.9 Å². The van der Waals surface area contributed by atoms with E-state index in [4.69, 9.17) is 4.74 Å². The first kappa shape index (κ1) is 23.5. The minimum absolute atomic E-state index is 0.0107. The van der Waals surface area contributed by atoms with Gasteiger partial charge in [-0.25, -0.2) is 0 Å². The summed E-state index contributed by atoms with van der Waals surface area (Å²) in [6, 6.07) is 12.1. The van der Waals surface area contributed by atoms with Gasteiger partial charge >= 0.3 is 0 Å². The van der Waals surface area contributed by atoms with Crippen molar-refractivity contribution in [3.63, 3.8) is 0 Å². The molecule has 1 aromatic carbocycles. The standard InChI is InChI=1S/C28H36N2O3/c1-3-30(4-2)16-5-17-33-24-12-9-22(10-13-24)26(19-20-6-11-23(31)18-20)27-15-14-25(21-7-8-21)28(32)29-27/h9-10,12-15,19-21H,3-8,11,16-18H2,1-2H3,(H,29,32)/t20-/m0/s1. The van der Waals surface area contributed by atoms with E-state index in [1.165, 1.54) is 0 Å². The van der Waals surface area contributed by atoms with Gasteiger partial charge in [-0.3, -0.25) is 9.59 Å². The first-order valence-electron chi connectivity index (χ1n) is 12.5. The number of nitrogens with one attached hydrogen (secondary N) is 1. The molecule has 0 bridgehead atoms. The van der Waals surface area contributed by atoms with Gasteiger partial charge in [0.05, 0.1) is 6.61 Å². The minimum Gasteiger partial charge on any atom is -0.494 e. The number of hydrogen-bond acceptors (Lipinski definition) is 4. The number of hydrogen-bond donors (Lipinski definition) is 1. The van der Waals surface area contributed by atoms with Crippen molar-refractivity contribution in [1.29, 1.82) is 0 Å². The highest BCUT2D eigenvalue weighted by atomic mass is 16.5. The molecule has 1 aromatic heterocycles. The first-order valence-corrected chi connectivity index (χ1v) is 12.5. The average molecular weight is 449 g/mol. The molecule has 0 spiro atoms. The average Bonchev–Trinajstić information content (AvgIpc) is 3.59. The summed E-state index contributed by atoms with van der Waals surface area (Å²) in [6.07, 6.45) is 7.48. The lowest BCUT2D eigenvalue weighted by Gasteiger charge is -2.17. The molecule has 0 unspecified atom stereocenters. The molecular formula is C28H36N2O3. The number of ether oxygens (including phenoxy) is 1. The van der Waals surface area contributed by atoms with Crippen LogP contribution in [-0.4, -0.2) is 41.9 Å². The molecule has 2 saturated carbocycles. The van der Waals surface area contributed by atoms with E-state index in [0.29, 0.717) is 31.1 Å². The Kier molecular flexibility index (Phi) is 7.81. The Hall–Kier alpha value is -2.66. The van der Waals surface area contributed by atoms with E-state index in [1.807, 2.05) is 24.3 Å². The van der Waals surface area contributed by atoms with Gasteiger partial charge in [0.1, 0.15) is 11.5 Å². The third kappa shape index (κ3) is 6.23. The molecule has 1 heterocycles. The summed E-state index contributed by atoms with van der Waals surface area (Å²) < 4.78 is 5.95. The predicted molar refractivity (Wildman–Crippen MR) is 133 cm³/mol. The summed E-state index contributed by atoms with van der Waals surface area (Å²) in [4.78, 5) is 30.0. The zero-order chi connectivity index (χ0) is 23.2. The van der Waals surface area contributed by atoms with Crippen LogP contribution in [0, 0.1) is 5.92 Å². The molecule has 1 atom stereocenters. The maximum atomic E-state index is 12.7. The van der Waals surface area contributed by atoms with Gasteiger partial charge in [-0.1, -0.05) is 38.1 Å². The lowest BCUT2D eigenvalue weighted by atomic mass is 9.95. The van der Waals surface area contributed by atoms with Gasteiger partial charge in [0, 0.05) is 36.2 Å². The van der Waals surface area contributed by atoms with Gasteiger partial charge in [0.25, 0.3) is 5.56 Å². The number of aromatic amines is 1. The molecule has 4 rings (SSSR count). The number of nitrogens with zero attached hydrogens (tertiary/aromatic N) is 1. The van der Waals surface area contributed by atoms with Crippen molar-refractivity contribution in [3.05, 3.63) is 69.6 Å². The van der Waals surface area contributed by atoms with Gasteiger partial charge in [0.15, 0.2) is 0 Å². The molecule has 2 fully saturated rings. The zero-order valence-electron chi connectivity index (χ0n) is 19.9. The van der Waals surface area contributed by atoms with Crippen LogP contribution in [0.5, 0.6) is 5.75 Å². The molecule has 0 aliphatic heterocycles. The Morgan fingerprint density at radius 1 is 1.06 bits per heavy atom. The topological polar surface area (TPSA) is 62.4 Å². The molecule has 2 aliphatic rings. The second-order valence-electron chi connectivity index (χ2n) is 9.31. The number of rotatable bonds is 11. The van der Waals surface area contributed by atoms with Crippen LogP contribution in [0.1, 0.15) is 75.1 Å². The summed E-state index contributed by atoms with van der Waals surface area (Å²) in [6.45, 7) is 8.24. The maximum absolute atomic E-state index is 12.7. The Morgan fingerprint density at radius 3 is 2.42 bits per heavy atom. The molecule has 5 nitrogen and oxygen atoms in total. The Morgan fingerprint density at radius 2 is 1.82 bits per heavy atom. The first-order chi connectivity index (χ1) is 16.1. The quantitative estimate of drug-likeness (QED) is 0.482. The van der Waals surface area contributed by atoms with Crippen LogP contribution in [0.2, 0.25) is 0 Å². The van der Waals surface area contributed by atoms with E-state index in [0.717, 1.165) is 73.5 Å². The number of carbonyl (C=O) groups excluding carboxylic acids is 1. The summed E-state index contributed by atoms with van der Waals surface area (Å²) in [5.74, 6) is 1.81. The number of H-pyrrole nitrogens is 1. The largest absolute Gasteiger partial charge is 0.494 e. The van der Waals surface area contributed by atoms with Gasteiger partial charge in [-0.05, 0) is 74.4 Å². The number of ketones is 1. The van der Waals surface area contributed by atoms with E-state index >= 15 is 0 Å². The van der Waals surface area contributed by atoms with Crippen molar-refractivity contribution in [2.24, 2.45) is 5.92 Å². The lowest BCUT2D eigenvalue weighted by Crippen LogP contribution is -2.25. The number of Topliss-reactive ketones (excluding diaryl/α,β-unsaturated/α-hetero) is 1. The molecule has 0 saturated heterocycles. The highest BCUT2D eigenvalue weighted by Crippen LogP contribution is 2.38. The molecule has 0 amide bonds. The minimum atomic E-state index is 0.0107. The predicted octanol–water partition coefficient (Wildman–Crippen LogP) is 5.16. The normalized spacial score (nSPS) is 18.8. The van der Waals surface area contributed by atoms with E-state index in [1.54, 1.807) is 0 Å². The second kappa shape index (κ2) is 11.0. The maximum Gasteiger partial charge on any atom is 0.251 e. The van der Waals surface area contributed by atoms with Crippen LogP contribution in [0.25, 0.3) is 5.57 Å². The molecule has 0 radical (unpaired) electrons. The number of pyridine rings is 1. The molecule has 176 valence electrons. The molecule has 2 aliphatic carbocycles. The fraction of sp³-hybridized carbons (Fsp3) is 0.500. The molecule has 5 heteroatoms. The van der Waals surface area contributed by atoms with Gasteiger partial charge in [0.2, 0.25) is 0 Å². The summed E-state index contributed by atoms with van der Waals surface area (Å²) in [5, 5.41) is 0. The van der Waals surface area contributed by atoms with Crippen LogP contribution in [0.4, 0.5) is 0 Å². The van der Waals surface area contributed by atoms with Gasteiger partial charge in [-0.2, -0.15) is 0 Å². The highest BCUT2D eigenvalue weighted by molar-refractivity contribution is 5.83. The van der Waals surface area contributed by atoms with E-state index in [-0.39, 0.29) is 11.5 Å². The second-order valence-corrected chi connectivity index (χ2v) is 9.31. The monoisotopic (exact) mass is 448 g/mol. The van der Waals surface area contributed by atoms with Crippen molar-refractivity contribution < 1.29 is 9.53 Å². The Bertz CT molecular complexity index is 1030. The van der Waals surface area contributed by atoms with E-state index < -0.39 is 0 Å². The van der Waals surface area contributed by atoms with Crippen LogP contribution in [0.3, 0.4) is 0 Å². The molecular weight excluding hydrogens is 412 g/mol. The Balaban J connectivity index is 1.50. The van der Waals surface area contributed by atoms with Gasteiger partial charge < -0.3 is 14.6 Å². The number of allylic oxidation sites excluding steroid dienone is 1. The van der Waals surface area contributed by atoms with Crippen molar-refractivity contribution in [2.45, 2.75) is 58.3 Å². The Labute approximate surface area is 196 Å². The van der Waals surface area contributed by atoms with Crippen molar-refractivity contribution in [3.8, 4) is 5.75 Å². The molecule has 2 aromatic rings.